The number of carbonyl (C=O) groups excluding carboxylic acids is 2. The van der Waals surface area contributed by atoms with E-state index in [1.807, 2.05) is 42.5 Å². The van der Waals surface area contributed by atoms with E-state index >= 15 is 0 Å². The standard InChI is InChI=1S/C20H16N2O3S/c21-11-13-25-17-9-5-4-8-16(17)14-18-19(23)22(20(24)26-18)12-10-15-6-2-1-3-7-15/h1-9,14H,10,12-13H2/b18-14-. The van der Waals surface area contributed by atoms with Gasteiger partial charge >= 0.3 is 0 Å². The van der Waals surface area contributed by atoms with Gasteiger partial charge in [-0.15, -0.1) is 0 Å². The summed E-state index contributed by atoms with van der Waals surface area (Å²) in [5, 5.41) is 8.40. The van der Waals surface area contributed by atoms with Crippen LogP contribution in [-0.4, -0.2) is 29.2 Å². The number of nitrogens with zero attached hydrogens (tertiary/aromatic N) is 2. The van der Waals surface area contributed by atoms with Gasteiger partial charge in [0.1, 0.15) is 11.8 Å². The van der Waals surface area contributed by atoms with Crippen molar-refractivity contribution in [2.75, 3.05) is 13.2 Å². The number of benzene rings is 2. The van der Waals surface area contributed by atoms with Crippen LogP contribution in [0.5, 0.6) is 5.75 Å². The van der Waals surface area contributed by atoms with Crippen LogP contribution in [-0.2, 0) is 11.2 Å². The van der Waals surface area contributed by atoms with Crippen molar-refractivity contribution >= 4 is 29.0 Å². The van der Waals surface area contributed by atoms with Gasteiger partial charge in [-0.1, -0.05) is 48.5 Å². The monoisotopic (exact) mass is 364 g/mol. The molecule has 6 heteroatoms. The summed E-state index contributed by atoms with van der Waals surface area (Å²) in [4.78, 5) is 26.4. The van der Waals surface area contributed by atoms with Gasteiger partial charge in [0.15, 0.2) is 6.61 Å². The molecule has 1 aliphatic heterocycles. The molecule has 1 fully saturated rings. The van der Waals surface area contributed by atoms with Crippen molar-refractivity contribution in [2.45, 2.75) is 6.42 Å². The molecule has 1 saturated heterocycles. The van der Waals surface area contributed by atoms with Gasteiger partial charge in [0.25, 0.3) is 11.1 Å². The molecule has 0 atom stereocenters. The zero-order valence-electron chi connectivity index (χ0n) is 13.9. The molecule has 0 saturated carbocycles. The molecule has 2 aromatic rings. The van der Waals surface area contributed by atoms with Crippen molar-refractivity contribution in [1.82, 2.24) is 4.90 Å². The normalized spacial score (nSPS) is 15.3. The fraction of sp³-hybridized carbons (Fsp3) is 0.150. The molecule has 0 radical (unpaired) electrons. The summed E-state index contributed by atoms with van der Waals surface area (Å²) in [6, 6.07) is 18.8. The Morgan fingerprint density at radius 2 is 1.81 bits per heavy atom. The first-order valence-electron chi connectivity index (χ1n) is 8.07. The predicted octanol–water partition coefficient (Wildman–Crippen LogP) is 3.87. The third kappa shape index (κ3) is 4.13. The number of carbonyl (C=O) groups is 2. The number of thioether (sulfide) groups is 1. The molecule has 1 aliphatic rings. The third-order valence-corrected chi connectivity index (χ3v) is 4.75. The first-order valence-corrected chi connectivity index (χ1v) is 8.89. The van der Waals surface area contributed by atoms with Gasteiger partial charge in [0.2, 0.25) is 0 Å². The summed E-state index contributed by atoms with van der Waals surface area (Å²) < 4.78 is 5.37. The van der Waals surface area contributed by atoms with Crippen molar-refractivity contribution < 1.29 is 14.3 Å². The molecule has 0 unspecified atom stereocenters. The minimum Gasteiger partial charge on any atom is -0.478 e. The van der Waals surface area contributed by atoms with Crippen LogP contribution in [0.2, 0.25) is 0 Å². The Hall–Kier alpha value is -3.04. The molecule has 26 heavy (non-hydrogen) atoms. The second-order valence-electron chi connectivity index (χ2n) is 5.55. The van der Waals surface area contributed by atoms with E-state index in [2.05, 4.69) is 0 Å². The summed E-state index contributed by atoms with van der Waals surface area (Å²) in [5.74, 6) is 0.205. The lowest BCUT2D eigenvalue weighted by molar-refractivity contribution is -0.122. The minimum absolute atomic E-state index is 0.0800. The van der Waals surface area contributed by atoms with E-state index < -0.39 is 0 Å². The van der Waals surface area contributed by atoms with Crippen LogP contribution in [0.3, 0.4) is 0 Å². The number of hydrogen-bond acceptors (Lipinski definition) is 5. The van der Waals surface area contributed by atoms with Gasteiger partial charge in [-0.2, -0.15) is 5.26 Å². The van der Waals surface area contributed by atoms with Crippen LogP contribution in [0.4, 0.5) is 4.79 Å². The van der Waals surface area contributed by atoms with Crippen LogP contribution in [0.25, 0.3) is 6.08 Å². The van der Waals surface area contributed by atoms with Gasteiger partial charge in [0.05, 0.1) is 4.91 Å². The summed E-state index contributed by atoms with van der Waals surface area (Å²) in [7, 11) is 0. The van der Waals surface area contributed by atoms with E-state index in [1.54, 1.807) is 24.3 Å². The molecule has 2 aromatic carbocycles. The van der Waals surface area contributed by atoms with E-state index in [9.17, 15) is 9.59 Å². The maximum absolute atomic E-state index is 12.6. The zero-order valence-corrected chi connectivity index (χ0v) is 14.7. The van der Waals surface area contributed by atoms with Gasteiger partial charge in [-0.3, -0.25) is 14.5 Å². The van der Waals surface area contributed by atoms with E-state index in [0.29, 0.717) is 29.2 Å². The highest BCUT2D eigenvalue weighted by Crippen LogP contribution is 2.34. The number of ether oxygens (including phenoxy) is 1. The number of imide groups is 1. The van der Waals surface area contributed by atoms with E-state index in [-0.39, 0.29) is 17.8 Å². The number of hydrogen-bond donors (Lipinski definition) is 0. The second-order valence-corrected chi connectivity index (χ2v) is 6.55. The highest BCUT2D eigenvalue weighted by atomic mass is 32.2. The van der Waals surface area contributed by atoms with Crippen molar-refractivity contribution in [3.8, 4) is 11.8 Å². The topological polar surface area (TPSA) is 70.4 Å². The smallest absolute Gasteiger partial charge is 0.293 e. The lowest BCUT2D eigenvalue weighted by atomic mass is 10.1. The van der Waals surface area contributed by atoms with E-state index in [1.165, 1.54) is 4.90 Å². The van der Waals surface area contributed by atoms with Crippen molar-refractivity contribution in [3.05, 3.63) is 70.6 Å². The SMILES string of the molecule is N#CCOc1ccccc1/C=C1\SC(=O)N(CCc2ccccc2)C1=O. The molecule has 0 aromatic heterocycles. The average molecular weight is 364 g/mol. The Kier molecular flexibility index (Phi) is 5.72. The van der Waals surface area contributed by atoms with Crippen LogP contribution in [0.1, 0.15) is 11.1 Å². The molecule has 0 aliphatic carbocycles. The summed E-state index contributed by atoms with van der Waals surface area (Å²) in [5.41, 5.74) is 1.74. The van der Waals surface area contributed by atoms with Crippen molar-refractivity contribution in [3.63, 3.8) is 0 Å². The number of para-hydroxylation sites is 1. The van der Waals surface area contributed by atoms with E-state index in [0.717, 1.165) is 17.3 Å². The molecule has 5 nitrogen and oxygen atoms in total. The average Bonchev–Trinajstić information content (AvgIpc) is 2.93. The van der Waals surface area contributed by atoms with Crippen molar-refractivity contribution in [1.29, 1.82) is 5.26 Å². The lowest BCUT2D eigenvalue weighted by Gasteiger charge is -2.12. The van der Waals surface area contributed by atoms with Crippen LogP contribution in [0.15, 0.2) is 59.5 Å². The first kappa shape index (κ1) is 17.8. The Morgan fingerprint density at radius 1 is 1.08 bits per heavy atom. The zero-order chi connectivity index (χ0) is 18.4. The molecule has 2 amide bonds. The Balaban J connectivity index is 1.74. The maximum atomic E-state index is 12.6. The van der Waals surface area contributed by atoms with Gasteiger partial charge in [0, 0.05) is 12.1 Å². The van der Waals surface area contributed by atoms with Gasteiger partial charge in [-0.05, 0) is 35.9 Å². The molecular weight excluding hydrogens is 348 g/mol. The molecule has 0 N–H and O–H groups in total. The van der Waals surface area contributed by atoms with Crippen molar-refractivity contribution in [2.24, 2.45) is 0 Å². The molecule has 0 spiro atoms. The predicted molar refractivity (Wildman–Crippen MR) is 100 cm³/mol. The van der Waals surface area contributed by atoms with Crippen LogP contribution < -0.4 is 4.74 Å². The second kappa shape index (κ2) is 8.37. The maximum Gasteiger partial charge on any atom is 0.293 e. The number of nitriles is 1. The molecule has 0 bridgehead atoms. The lowest BCUT2D eigenvalue weighted by Crippen LogP contribution is -2.30. The van der Waals surface area contributed by atoms with Crippen LogP contribution >= 0.6 is 11.8 Å². The van der Waals surface area contributed by atoms with E-state index in [4.69, 9.17) is 10.00 Å². The molecule has 3 rings (SSSR count). The van der Waals surface area contributed by atoms with Gasteiger partial charge in [-0.25, -0.2) is 0 Å². The van der Waals surface area contributed by atoms with Crippen LogP contribution in [0, 0.1) is 11.3 Å². The fourth-order valence-electron chi connectivity index (χ4n) is 2.56. The highest BCUT2D eigenvalue weighted by Gasteiger charge is 2.34. The molecule has 1 heterocycles. The minimum atomic E-state index is -0.300. The molecular formula is C20H16N2O3S. The quantitative estimate of drug-likeness (QED) is 0.728. The largest absolute Gasteiger partial charge is 0.478 e. The Morgan fingerprint density at radius 3 is 2.58 bits per heavy atom. The summed E-state index contributed by atoms with van der Waals surface area (Å²) in [6.45, 7) is 0.266. The Labute approximate surface area is 155 Å². The summed E-state index contributed by atoms with van der Waals surface area (Å²) >= 11 is 0.922. The number of rotatable bonds is 6. The Bertz CT molecular complexity index is 887. The first-order chi connectivity index (χ1) is 12.7. The fourth-order valence-corrected chi connectivity index (χ4v) is 3.42. The summed E-state index contributed by atoms with van der Waals surface area (Å²) in [6.07, 6.45) is 2.26. The number of amides is 2. The molecule has 130 valence electrons. The highest BCUT2D eigenvalue weighted by molar-refractivity contribution is 8.18. The third-order valence-electron chi connectivity index (χ3n) is 3.84. The van der Waals surface area contributed by atoms with Gasteiger partial charge < -0.3 is 4.74 Å².